The highest BCUT2D eigenvalue weighted by molar-refractivity contribution is 5.94. The van der Waals surface area contributed by atoms with Crippen LogP contribution in [-0.4, -0.2) is 37.5 Å². The van der Waals surface area contributed by atoms with Crippen LogP contribution in [0.3, 0.4) is 0 Å². The Morgan fingerprint density at radius 1 is 1.40 bits per heavy atom. The van der Waals surface area contributed by atoms with Crippen LogP contribution in [-0.2, 0) is 18.0 Å². The summed E-state index contributed by atoms with van der Waals surface area (Å²) < 4.78 is 5.40. The Labute approximate surface area is 120 Å². The zero-order valence-corrected chi connectivity index (χ0v) is 12.0. The lowest BCUT2D eigenvalue weighted by molar-refractivity contribution is 0.0764. The molecule has 1 N–H and O–H groups in total. The lowest BCUT2D eigenvalue weighted by atomic mass is 9.98. The van der Waals surface area contributed by atoms with Gasteiger partial charge in [0.25, 0.3) is 5.91 Å². The molecule has 2 aliphatic heterocycles. The molecule has 2 heterocycles. The molecule has 1 atom stereocenters. The number of rotatable bonds is 3. The van der Waals surface area contributed by atoms with Crippen molar-refractivity contribution in [3.05, 3.63) is 34.9 Å². The number of piperidine rings is 1. The van der Waals surface area contributed by atoms with Crippen molar-refractivity contribution in [1.29, 1.82) is 0 Å². The maximum Gasteiger partial charge on any atom is 0.253 e. The first-order valence-electron chi connectivity index (χ1n) is 7.40. The minimum atomic E-state index is 0.116. The first kappa shape index (κ1) is 13.6. The molecule has 3 rings (SSSR count). The van der Waals surface area contributed by atoms with E-state index in [1.54, 1.807) is 0 Å². The number of nitrogens with zero attached hydrogens (tertiary/aromatic N) is 1. The van der Waals surface area contributed by atoms with Crippen LogP contribution in [0.2, 0.25) is 0 Å². The number of amides is 1. The van der Waals surface area contributed by atoms with Crippen molar-refractivity contribution < 1.29 is 9.53 Å². The minimum Gasteiger partial charge on any atom is -0.372 e. The summed E-state index contributed by atoms with van der Waals surface area (Å²) in [7, 11) is 1.90. The van der Waals surface area contributed by atoms with Crippen molar-refractivity contribution >= 4 is 5.91 Å². The van der Waals surface area contributed by atoms with E-state index >= 15 is 0 Å². The predicted octanol–water partition coefficient (Wildman–Crippen LogP) is 1.79. The van der Waals surface area contributed by atoms with Gasteiger partial charge in [-0.05, 0) is 55.1 Å². The Morgan fingerprint density at radius 2 is 2.25 bits per heavy atom. The number of benzene rings is 1. The van der Waals surface area contributed by atoms with Crippen LogP contribution < -0.4 is 5.32 Å². The molecule has 0 aliphatic carbocycles. The summed E-state index contributed by atoms with van der Waals surface area (Å²) in [5.41, 5.74) is 3.14. The lowest BCUT2D eigenvalue weighted by Gasteiger charge is -2.27. The average Bonchev–Trinajstić information content (AvgIpc) is 2.94. The number of fused-ring (bicyclic) bond motifs is 1. The Bertz CT molecular complexity index is 495. The molecule has 1 fully saturated rings. The first-order chi connectivity index (χ1) is 9.74. The van der Waals surface area contributed by atoms with E-state index in [-0.39, 0.29) is 5.91 Å². The largest absolute Gasteiger partial charge is 0.372 e. The molecule has 4 nitrogen and oxygen atoms in total. The van der Waals surface area contributed by atoms with Crippen LogP contribution in [0.1, 0.15) is 34.3 Å². The van der Waals surface area contributed by atoms with Gasteiger partial charge in [-0.1, -0.05) is 6.07 Å². The smallest absolute Gasteiger partial charge is 0.253 e. The Morgan fingerprint density at radius 3 is 3.05 bits per heavy atom. The van der Waals surface area contributed by atoms with E-state index in [0.29, 0.717) is 19.1 Å². The summed E-state index contributed by atoms with van der Waals surface area (Å²) in [5, 5.41) is 3.40. The van der Waals surface area contributed by atoms with Crippen LogP contribution in [0, 0.1) is 5.92 Å². The molecule has 0 radical (unpaired) electrons. The number of hydrogen-bond donors (Lipinski definition) is 1. The Balaban J connectivity index is 1.65. The second-order valence-electron chi connectivity index (χ2n) is 5.87. The summed E-state index contributed by atoms with van der Waals surface area (Å²) in [5.74, 6) is 0.695. The van der Waals surface area contributed by atoms with Crippen molar-refractivity contribution in [2.45, 2.75) is 26.1 Å². The van der Waals surface area contributed by atoms with Crippen molar-refractivity contribution in [1.82, 2.24) is 10.2 Å². The second-order valence-corrected chi connectivity index (χ2v) is 5.87. The minimum absolute atomic E-state index is 0.116. The molecule has 1 amide bonds. The second kappa shape index (κ2) is 5.94. The average molecular weight is 274 g/mol. The normalized spacial score (nSPS) is 21.6. The van der Waals surface area contributed by atoms with Crippen LogP contribution >= 0.6 is 0 Å². The third kappa shape index (κ3) is 2.86. The third-order valence-electron chi connectivity index (χ3n) is 4.25. The standard InChI is InChI=1S/C16H22N2O2/c1-18(9-12-3-2-6-17-8-12)16(19)13-4-5-14-10-20-11-15(14)7-13/h4-5,7,12,17H,2-3,6,8-11H2,1H3. The number of hydrogen-bond acceptors (Lipinski definition) is 3. The first-order valence-corrected chi connectivity index (χ1v) is 7.40. The fourth-order valence-corrected chi connectivity index (χ4v) is 3.08. The molecule has 0 spiro atoms. The Hall–Kier alpha value is -1.39. The molecule has 2 aliphatic rings. The lowest BCUT2D eigenvalue weighted by Crippen LogP contribution is -2.39. The molecule has 0 bridgehead atoms. The molecule has 1 unspecified atom stereocenters. The van der Waals surface area contributed by atoms with E-state index in [4.69, 9.17) is 4.74 Å². The van der Waals surface area contributed by atoms with Gasteiger partial charge in [-0.15, -0.1) is 0 Å². The van der Waals surface area contributed by atoms with E-state index in [0.717, 1.165) is 30.8 Å². The third-order valence-corrected chi connectivity index (χ3v) is 4.25. The van der Waals surface area contributed by atoms with Crippen molar-refractivity contribution in [2.75, 3.05) is 26.7 Å². The zero-order chi connectivity index (χ0) is 13.9. The van der Waals surface area contributed by atoms with Crippen LogP contribution in [0.25, 0.3) is 0 Å². The molecule has 1 aromatic carbocycles. The fourth-order valence-electron chi connectivity index (χ4n) is 3.08. The maximum absolute atomic E-state index is 12.5. The zero-order valence-electron chi connectivity index (χ0n) is 12.0. The molecule has 20 heavy (non-hydrogen) atoms. The van der Waals surface area contributed by atoms with Gasteiger partial charge in [0.15, 0.2) is 0 Å². The predicted molar refractivity (Wildman–Crippen MR) is 77.5 cm³/mol. The number of nitrogens with one attached hydrogen (secondary N) is 1. The summed E-state index contributed by atoms with van der Waals surface area (Å²) in [4.78, 5) is 14.3. The molecular weight excluding hydrogens is 252 g/mol. The van der Waals surface area contributed by atoms with Gasteiger partial charge in [0.05, 0.1) is 13.2 Å². The molecular formula is C16H22N2O2. The van der Waals surface area contributed by atoms with E-state index in [1.807, 2.05) is 30.1 Å². The highest BCUT2D eigenvalue weighted by Crippen LogP contribution is 2.22. The quantitative estimate of drug-likeness (QED) is 0.913. The van der Waals surface area contributed by atoms with Gasteiger partial charge >= 0.3 is 0 Å². The highest BCUT2D eigenvalue weighted by Gasteiger charge is 2.20. The van der Waals surface area contributed by atoms with Gasteiger partial charge in [-0.25, -0.2) is 0 Å². The van der Waals surface area contributed by atoms with Crippen LogP contribution in [0.15, 0.2) is 18.2 Å². The van der Waals surface area contributed by atoms with E-state index in [9.17, 15) is 4.79 Å². The van der Waals surface area contributed by atoms with Gasteiger partial charge in [0, 0.05) is 19.2 Å². The number of carbonyl (C=O) groups is 1. The van der Waals surface area contributed by atoms with Crippen molar-refractivity contribution in [3.63, 3.8) is 0 Å². The molecule has 4 heteroatoms. The summed E-state index contributed by atoms with van der Waals surface area (Å²) in [6.45, 7) is 4.27. The Kier molecular flexibility index (Phi) is 4.03. The summed E-state index contributed by atoms with van der Waals surface area (Å²) in [6, 6.07) is 5.93. The fraction of sp³-hybridized carbons (Fsp3) is 0.562. The van der Waals surface area contributed by atoms with Gasteiger partial charge in [-0.2, -0.15) is 0 Å². The van der Waals surface area contributed by atoms with Gasteiger partial charge in [0.1, 0.15) is 0 Å². The van der Waals surface area contributed by atoms with Gasteiger partial charge in [-0.3, -0.25) is 4.79 Å². The van der Waals surface area contributed by atoms with Crippen molar-refractivity contribution in [3.8, 4) is 0 Å². The van der Waals surface area contributed by atoms with E-state index < -0.39 is 0 Å². The summed E-state index contributed by atoms with van der Waals surface area (Å²) >= 11 is 0. The summed E-state index contributed by atoms with van der Waals surface area (Å²) in [6.07, 6.45) is 2.42. The van der Waals surface area contributed by atoms with Gasteiger partial charge < -0.3 is 15.0 Å². The number of ether oxygens (including phenoxy) is 1. The molecule has 108 valence electrons. The van der Waals surface area contributed by atoms with Crippen LogP contribution in [0.5, 0.6) is 0 Å². The van der Waals surface area contributed by atoms with Gasteiger partial charge in [0.2, 0.25) is 0 Å². The number of carbonyl (C=O) groups excluding carboxylic acids is 1. The van der Waals surface area contributed by atoms with E-state index in [2.05, 4.69) is 5.32 Å². The maximum atomic E-state index is 12.5. The van der Waals surface area contributed by atoms with Crippen molar-refractivity contribution in [2.24, 2.45) is 5.92 Å². The highest BCUT2D eigenvalue weighted by atomic mass is 16.5. The topological polar surface area (TPSA) is 41.6 Å². The molecule has 1 saturated heterocycles. The molecule has 1 aromatic rings. The monoisotopic (exact) mass is 274 g/mol. The molecule has 0 aromatic heterocycles. The SMILES string of the molecule is CN(CC1CCCNC1)C(=O)c1ccc2c(c1)COC2. The molecule has 0 saturated carbocycles. The van der Waals surface area contributed by atoms with E-state index in [1.165, 1.54) is 18.4 Å². The van der Waals surface area contributed by atoms with Crippen LogP contribution in [0.4, 0.5) is 0 Å².